The summed E-state index contributed by atoms with van der Waals surface area (Å²) < 4.78 is 75.5. The highest BCUT2D eigenvalue weighted by Gasteiger charge is 2.49. The van der Waals surface area contributed by atoms with Gasteiger partial charge in [0.15, 0.2) is 11.5 Å². The summed E-state index contributed by atoms with van der Waals surface area (Å²) in [5.41, 5.74) is -4.92. The van der Waals surface area contributed by atoms with Crippen LogP contribution in [0.25, 0.3) is 22.0 Å². The Morgan fingerprint density at radius 3 is 2.18 bits per heavy atom. The van der Waals surface area contributed by atoms with Gasteiger partial charge in [-0.1, -0.05) is 24.3 Å². The van der Waals surface area contributed by atoms with Crippen molar-refractivity contribution in [1.82, 2.24) is 4.98 Å². The number of hydrogen-bond acceptors (Lipinski definition) is 6. The van der Waals surface area contributed by atoms with Crippen LogP contribution in [0.4, 0.5) is 13.2 Å². The normalized spacial score (nSPS) is 12.0. The molecule has 0 radical (unpaired) electrons. The van der Waals surface area contributed by atoms with Gasteiger partial charge in [-0.15, -0.1) is 0 Å². The SMILES string of the molecule is COc1cc(-c2cc3ccccc3cn2)cc(OS(=O)(=O)C(F)(F)F)c1OC. The number of methoxy groups -OCH3 is 2. The van der Waals surface area contributed by atoms with Crippen molar-refractivity contribution < 1.29 is 35.2 Å². The second-order valence-electron chi connectivity index (χ2n) is 5.61. The molecule has 3 aromatic rings. The van der Waals surface area contributed by atoms with Gasteiger partial charge in [-0.05, 0) is 23.6 Å². The van der Waals surface area contributed by atoms with Crippen LogP contribution >= 0.6 is 0 Å². The first kappa shape index (κ1) is 19.7. The fourth-order valence-corrected chi connectivity index (χ4v) is 3.00. The Morgan fingerprint density at radius 1 is 0.929 bits per heavy atom. The van der Waals surface area contributed by atoms with Crippen LogP contribution in [-0.4, -0.2) is 33.1 Å². The number of aromatic nitrogens is 1. The molecule has 148 valence electrons. The highest BCUT2D eigenvalue weighted by atomic mass is 32.2. The second-order valence-corrected chi connectivity index (χ2v) is 7.15. The number of benzene rings is 2. The monoisotopic (exact) mass is 413 g/mol. The van der Waals surface area contributed by atoms with E-state index in [1.54, 1.807) is 12.3 Å². The van der Waals surface area contributed by atoms with Gasteiger partial charge in [0.1, 0.15) is 0 Å². The quantitative estimate of drug-likeness (QED) is 0.462. The molecule has 0 N–H and O–H groups in total. The molecule has 6 nitrogen and oxygen atoms in total. The standard InChI is InChI=1S/C18H14F3NO5S/c1-25-15-8-13(14-7-11-5-3-4-6-12(11)10-22-14)9-16(17(15)26-2)27-28(23,24)18(19,20)21/h3-10H,1-2H3. The van der Waals surface area contributed by atoms with Crippen LogP contribution in [0.5, 0.6) is 17.2 Å². The highest BCUT2D eigenvalue weighted by molar-refractivity contribution is 7.88. The summed E-state index contributed by atoms with van der Waals surface area (Å²) in [7, 11) is -3.48. The van der Waals surface area contributed by atoms with Crippen LogP contribution in [-0.2, 0) is 10.1 Å². The van der Waals surface area contributed by atoms with Crippen molar-refractivity contribution in [3.05, 3.63) is 48.7 Å². The Labute approximate surface area is 158 Å². The molecular formula is C18H14F3NO5S. The molecule has 0 aliphatic rings. The predicted octanol–water partition coefficient (Wildman–Crippen LogP) is 4.15. The van der Waals surface area contributed by atoms with Crippen LogP contribution in [0.2, 0.25) is 0 Å². The zero-order valence-electron chi connectivity index (χ0n) is 14.6. The lowest BCUT2D eigenvalue weighted by Gasteiger charge is -2.16. The van der Waals surface area contributed by atoms with Crippen molar-refractivity contribution in [2.45, 2.75) is 5.51 Å². The van der Waals surface area contributed by atoms with Gasteiger partial charge in [-0.3, -0.25) is 4.98 Å². The maximum Gasteiger partial charge on any atom is 0.534 e. The fourth-order valence-electron chi connectivity index (χ4n) is 2.55. The Morgan fingerprint density at radius 2 is 1.57 bits per heavy atom. The van der Waals surface area contributed by atoms with E-state index < -0.39 is 21.4 Å². The highest BCUT2D eigenvalue weighted by Crippen LogP contribution is 2.43. The van der Waals surface area contributed by atoms with Crippen molar-refractivity contribution in [3.63, 3.8) is 0 Å². The summed E-state index contributed by atoms with van der Waals surface area (Å²) in [5, 5.41) is 1.70. The van der Waals surface area contributed by atoms with E-state index in [1.807, 2.05) is 24.3 Å². The smallest absolute Gasteiger partial charge is 0.493 e. The minimum Gasteiger partial charge on any atom is -0.493 e. The number of rotatable bonds is 5. The molecule has 1 heterocycles. The van der Waals surface area contributed by atoms with E-state index >= 15 is 0 Å². The first-order chi connectivity index (χ1) is 13.2. The van der Waals surface area contributed by atoms with Crippen molar-refractivity contribution in [2.24, 2.45) is 0 Å². The zero-order chi connectivity index (χ0) is 20.5. The lowest BCUT2D eigenvalue weighted by atomic mass is 10.1. The van der Waals surface area contributed by atoms with E-state index in [1.165, 1.54) is 13.2 Å². The van der Waals surface area contributed by atoms with Gasteiger partial charge in [0.2, 0.25) is 5.75 Å². The molecule has 10 heteroatoms. The summed E-state index contributed by atoms with van der Waals surface area (Å²) in [5.74, 6) is -0.966. The van der Waals surface area contributed by atoms with Gasteiger partial charge >= 0.3 is 15.6 Å². The third-order valence-corrected chi connectivity index (χ3v) is 4.82. The number of fused-ring (bicyclic) bond motifs is 1. The molecule has 28 heavy (non-hydrogen) atoms. The summed E-state index contributed by atoms with van der Waals surface area (Å²) in [6.45, 7) is 0. The number of nitrogens with zero attached hydrogens (tertiary/aromatic N) is 1. The largest absolute Gasteiger partial charge is 0.534 e. The minimum atomic E-state index is -5.90. The van der Waals surface area contributed by atoms with Crippen LogP contribution in [0, 0.1) is 0 Å². The topological polar surface area (TPSA) is 74.7 Å². The van der Waals surface area contributed by atoms with Crippen LogP contribution < -0.4 is 13.7 Å². The number of alkyl halides is 3. The van der Waals surface area contributed by atoms with Gasteiger partial charge in [0.05, 0.1) is 19.9 Å². The summed E-state index contributed by atoms with van der Waals surface area (Å²) in [4.78, 5) is 4.27. The Kier molecular flexibility index (Phi) is 5.07. The van der Waals surface area contributed by atoms with E-state index in [2.05, 4.69) is 9.17 Å². The molecule has 0 bridgehead atoms. The predicted molar refractivity (Wildman–Crippen MR) is 95.9 cm³/mol. The number of pyridine rings is 1. The van der Waals surface area contributed by atoms with E-state index in [-0.39, 0.29) is 17.1 Å². The molecule has 0 atom stereocenters. The molecule has 3 rings (SSSR count). The number of ether oxygens (including phenoxy) is 2. The maximum atomic E-state index is 12.7. The molecule has 0 saturated carbocycles. The molecule has 0 unspecified atom stereocenters. The molecule has 0 fully saturated rings. The first-order valence-electron chi connectivity index (χ1n) is 7.78. The number of halogens is 3. The lowest BCUT2D eigenvalue weighted by Crippen LogP contribution is -2.28. The second kappa shape index (κ2) is 7.19. The van der Waals surface area contributed by atoms with Gasteiger partial charge in [0.25, 0.3) is 0 Å². The van der Waals surface area contributed by atoms with E-state index in [0.717, 1.165) is 23.9 Å². The van der Waals surface area contributed by atoms with Crippen LogP contribution in [0.1, 0.15) is 0 Å². The average Bonchev–Trinajstić information content (AvgIpc) is 2.65. The van der Waals surface area contributed by atoms with Gasteiger partial charge in [-0.2, -0.15) is 21.6 Å². The Bertz CT molecular complexity index is 1130. The molecule has 0 aliphatic heterocycles. The van der Waals surface area contributed by atoms with E-state index in [9.17, 15) is 21.6 Å². The lowest BCUT2D eigenvalue weighted by molar-refractivity contribution is -0.0500. The number of hydrogen-bond donors (Lipinski definition) is 0. The zero-order valence-corrected chi connectivity index (χ0v) is 15.5. The molecule has 1 aromatic heterocycles. The van der Waals surface area contributed by atoms with Gasteiger partial charge < -0.3 is 13.7 Å². The van der Waals surface area contributed by atoms with Crippen LogP contribution in [0.15, 0.2) is 48.7 Å². The van der Waals surface area contributed by atoms with Crippen molar-refractivity contribution >= 4 is 20.9 Å². The van der Waals surface area contributed by atoms with E-state index in [0.29, 0.717) is 5.69 Å². The summed E-state index contributed by atoms with van der Waals surface area (Å²) in [6, 6.07) is 11.6. The Balaban J connectivity index is 2.17. The molecule has 0 amide bonds. The minimum absolute atomic E-state index is 0.0117. The molecule has 2 aromatic carbocycles. The van der Waals surface area contributed by atoms with Crippen LogP contribution in [0.3, 0.4) is 0 Å². The maximum absolute atomic E-state index is 12.7. The van der Waals surface area contributed by atoms with Crippen molar-refractivity contribution in [3.8, 4) is 28.5 Å². The Hall–Kier alpha value is -3.01. The molecule has 0 saturated heterocycles. The summed E-state index contributed by atoms with van der Waals surface area (Å²) in [6.07, 6.45) is 1.59. The molecule has 0 spiro atoms. The van der Waals surface area contributed by atoms with Gasteiger partial charge in [-0.25, -0.2) is 0 Å². The van der Waals surface area contributed by atoms with Gasteiger partial charge in [0, 0.05) is 17.1 Å². The van der Waals surface area contributed by atoms with Crippen molar-refractivity contribution in [2.75, 3.05) is 14.2 Å². The average molecular weight is 413 g/mol. The molecule has 0 aliphatic carbocycles. The summed E-state index contributed by atoms with van der Waals surface area (Å²) >= 11 is 0. The third kappa shape index (κ3) is 3.68. The van der Waals surface area contributed by atoms with Crippen molar-refractivity contribution in [1.29, 1.82) is 0 Å². The fraction of sp³-hybridized carbons (Fsp3) is 0.167. The van der Waals surface area contributed by atoms with E-state index in [4.69, 9.17) is 9.47 Å². The first-order valence-corrected chi connectivity index (χ1v) is 9.19. The third-order valence-electron chi connectivity index (χ3n) is 3.85. The molecular weight excluding hydrogens is 399 g/mol.